The number of carbonyl (C=O) groups is 4. The number of esters is 1. The molecule has 2 rings (SSSR count). The number of aliphatic hydroxyl groups excluding tert-OH is 5. The van der Waals surface area contributed by atoms with Crippen LogP contribution in [-0.4, -0.2) is 157 Å². The smallest absolute Gasteiger partial charge is 0.470 e. The minimum absolute atomic E-state index is 0.168. The summed E-state index contributed by atoms with van der Waals surface area (Å²) in [5, 5.41) is 70.6. The number of hydrogen-bond acceptors (Lipinski definition) is 16. The highest BCUT2D eigenvalue weighted by atomic mass is 31.2. The van der Waals surface area contributed by atoms with Gasteiger partial charge < -0.3 is 74.7 Å². The molecule has 0 radical (unpaired) electrons. The van der Waals surface area contributed by atoms with Gasteiger partial charge in [-0.15, -0.1) is 0 Å². The van der Waals surface area contributed by atoms with Gasteiger partial charge in [0, 0.05) is 19.4 Å². The van der Waals surface area contributed by atoms with E-state index in [1.54, 1.807) is 0 Å². The van der Waals surface area contributed by atoms with Gasteiger partial charge in [0.2, 0.25) is 11.8 Å². The first-order valence-corrected chi connectivity index (χ1v) is 37.6. The number of phosphoric acid groups is 1. The van der Waals surface area contributed by atoms with Crippen LogP contribution in [-0.2, 0) is 52.0 Å². The highest BCUT2D eigenvalue weighted by Gasteiger charge is 2.51. The third kappa shape index (κ3) is 41.5. The SMILES string of the molecule is CCCCCCCCCCCC(=O)O[C@H](CCCCCCCCCCC)CC(=O)N[C@H]1[C@H](OC[C@H]2O[C@H](OCCCCCCCCCCCCCCCC(=O)O)[C@H](NC(=O)C[C@H](O)CCCCCCCCCCC)[C@@H](O)[C@@H]2O)O[C@H](CO)[C@@H](OP(=O)(O)O)[C@@H]1O. The molecule has 0 bridgehead atoms. The number of carbonyl (C=O) groups excluding carboxylic acids is 3. The van der Waals surface area contributed by atoms with Crippen LogP contribution in [0.5, 0.6) is 0 Å². The number of rotatable bonds is 60. The summed E-state index contributed by atoms with van der Waals surface area (Å²) in [7, 11) is -5.33. The number of phosphoric ester groups is 1. The number of carboxylic acid groups (broad SMARTS) is 1. The molecule has 0 saturated carbocycles. The van der Waals surface area contributed by atoms with Gasteiger partial charge in [-0.1, -0.05) is 252 Å². The van der Waals surface area contributed by atoms with Gasteiger partial charge in [-0.3, -0.25) is 23.7 Å². The van der Waals surface area contributed by atoms with E-state index in [-0.39, 0.29) is 32.3 Å². The molecule has 22 heteroatoms. The summed E-state index contributed by atoms with van der Waals surface area (Å²) in [4.78, 5) is 71.4. The Balaban J connectivity index is 2.22. The van der Waals surface area contributed by atoms with E-state index in [9.17, 15) is 59.1 Å². The van der Waals surface area contributed by atoms with E-state index in [1.165, 1.54) is 83.5 Å². The van der Waals surface area contributed by atoms with Crippen LogP contribution in [0.15, 0.2) is 0 Å². The van der Waals surface area contributed by atoms with E-state index in [1.807, 2.05) is 0 Å². The van der Waals surface area contributed by atoms with Gasteiger partial charge in [0.1, 0.15) is 54.8 Å². The molecule has 0 aliphatic carbocycles. The number of aliphatic hydroxyl groups is 5. The minimum Gasteiger partial charge on any atom is -0.481 e. The zero-order chi connectivity index (χ0) is 66.0. The fourth-order valence-electron chi connectivity index (χ4n) is 12.1. The predicted octanol–water partition coefficient (Wildman–Crippen LogP) is 12.4. The van der Waals surface area contributed by atoms with Crippen molar-refractivity contribution in [3.63, 3.8) is 0 Å². The van der Waals surface area contributed by atoms with Crippen LogP contribution >= 0.6 is 7.82 Å². The molecule has 2 aliphatic rings. The molecular formula is C68H129N2O19P. The van der Waals surface area contributed by atoms with Crippen molar-refractivity contribution in [1.82, 2.24) is 10.6 Å². The van der Waals surface area contributed by atoms with Gasteiger partial charge in [0.25, 0.3) is 0 Å². The van der Waals surface area contributed by atoms with E-state index in [0.29, 0.717) is 32.1 Å². The monoisotopic (exact) mass is 1310 g/mol. The average molecular weight is 1310 g/mol. The average Bonchev–Trinajstić information content (AvgIpc) is 3.67. The summed E-state index contributed by atoms with van der Waals surface area (Å²) < 4.78 is 47.7. The van der Waals surface area contributed by atoms with Crippen LogP contribution in [0.25, 0.3) is 0 Å². The fourth-order valence-corrected chi connectivity index (χ4v) is 12.7. The molecular weight excluding hydrogens is 1180 g/mol. The van der Waals surface area contributed by atoms with Gasteiger partial charge in [-0.25, -0.2) is 4.57 Å². The second-order valence-electron chi connectivity index (χ2n) is 25.9. The van der Waals surface area contributed by atoms with Crippen molar-refractivity contribution in [3.8, 4) is 0 Å². The number of aliphatic carboxylic acids is 1. The van der Waals surface area contributed by atoms with Crippen molar-refractivity contribution in [2.24, 2.45) is 0 Å². The molecule has 2 amide bonds. The molecule has 0 aromatic heterocycles. The number of nitrogens with one attached hydrogen (secondary N) is 2. The van der Waals surface area contributed by atoms with Gasteiger partial charge in [-0.05, 0) is 38.5 Å². The summed E-state index contributed by atoms with van der Waals surface area (Å²) in [5.41, 5.74) is 0. The Morgan fingerprint density at radius 1 is 0.478 bits per heavy atom. The minimum atomic E-state index is -5.33. The largest absolute Gasteiger partial charge is 0.481 e. The normalized spacial score (nSPS) is 22.7. The lowest BCUT2D eigenvalue weighted by atomic mass is 9.95. The van der Waals surface area contributed by atoms with Crippen molar-refractivity contribution in [2.75, 3.05) is 19.8 Å². The molecule has 2 saturated heterocycles. The Labute approximate surface area is 542 Å². The molecule has 2 fully saturated rings. The van der Waals surface area contributed by atoms with E-state index in [4.69, 9.17) is 33.3 Å². The predicted molar refractivity (Wildman–Crippen MR) is 348 cm³/mol. The molecule has 0 spiro atoms. The Morgan fingerprint density at radius 3 is 1.32 bits per heavy atom. The molecule has 10 N–H and O–H groups in total. The van der Waals surface area contributed by atoms with Crippen LogP contribution < -0.4 is 10.6 Å². The summed E-state index contributed by atoms with van der Waals surface area (Å²) in [5.74, 6) is -2.46. The molecule has 0 unspecified atom stereocenters. The lowest BCUT2D eigenvalue weighted by Crippen LogP contribution is -2.67. The standard InChI is InChI=1S/C68H129N2O19P/c1-4-7-10-13-16-24-29-34-39-44-53(72)49-57(73)69-61-64(79)63(78)56(88-67(61)84-48-43-38-33-28-23-21-19-20-22-27-31-36-41-46-59(75)76)52-85-68-62(65(80)66(55(51-71)87-68)89-90(81,82)83)70-58(74)50-54(45-40-35-30-25-17-14-11-8-5-2)86-60(77)47-42-37-32-26-18-15-12-9-6-3/h53-56,61-68,71-72,78-80H,4-52H2,1-3H3,(H,69,73)(H,70,74)(H,75,76)(H2,81,82,83)/t53-,54-,55-,56-,61-,62-,63-,64-,65-,66-,67+,68-/m1/s1. The van der Waals surface area contributed by atoms with Crippen molar-refractivity contribution < 1.29 is 92.4 Å². The van der Waals surface area contributed by atoms with E-state index in [0.717, 1.165) is 154 Å². The molecule has 12 atom stereocenters. The van der Waals surface area contributed by atoms with E-state index < -0.39 is 118 Å². The molecule has 0 aromatic rings. The van der Waals surface area contributed by atoms with Gasteiger partial charge in [0.15, 0.2) is 12.6 Å². The number of hydrogen-bond donors (Lipinski definition) is 10. The Kier molecular flexibility index (Phi) is 50.1. The Bertz CT molecular complexity index is 1830. The second kappa shape index (κ2) is 53.8. The summed E-state index contributed by atoms with van der Waals surface area (Å²) in [6.07, 6.45) is 27.7. The third-order valence-electron chi connectivity index (χ3n) is 17.6. The van der Waals surface area contributed by atoms with E-state index in [2.05, 4.69) is 31.4 Å². The van der Waals surface area contributed by atoms with Crippen LogP contribution in [0.2, 0.25) is 0 Å². The first-order valence-electron chi connectivity index (χ1n) is 36.1. The van der Waals surface area contributed by atoms with E-state index >= 15 is 0 Å². The lowest BCUT2D eigenvalue weighted by Gasteiger charge is -2.45. The highest BCUT2D eigenvalue weighted by molar-refractivity contribution is 7.46. The van der Waals surface area contributed by atoms with Gasteiger partial charge in [-0.2, -0.15) is 0 Å². The van der Waals surface area contributed by atoms with Crippen molar-refractivity contribution in [2.45, 2.75) is 390 Å². The number of carboxylic acids is 1. The zero-order valence-electron chi connectivity index (χ0n) is 56.1. The highest BCUT2D eigenvalue weighted by Crippen LogP contribution is 2.42. The number of amides is 2. The second-order valence-corrected chi connectivity index (χ2v) is 27.1. The Hall–Kier alpha value is -2.37. The molecule has 2 aliphatic heterocycles. The maximum Gasteiger partial charge on any atom is 0.470 e. The zero-order valence-corrected chi connectivity index (χ0v) is 57.0. The maximum absolute atomic E-state index is 14.1. The Morgan fingerprint density at radius 2 is 0.867 bits per heavy atom. The topological polar surface area (TPSA) is 327 Å². The van der Waals surface area contributed by atoms with Crippen molar-refractivity contribution in [3.05, 3.63) is 0 Å². The molecule has 530 valence electrons. The number of ether oxygens (including phenoxy) is 5. The van der Waals surface area contributed by atoms with Gasteiger partial charge in [0.05, 0.1) is 32.2 Å². The van der Waals surface area contributed by atoms with Gasteiger partial charge >= 0.3 is 19.8 Å². The molecule has 21 nitrogen and oxygen atoms in total. The fraction of sp³-hybridized carbons (Fsp3) is 0.941. The number of unbranched alkanes of at least 4 members (excludes halogenated alkanes) is 36. The molecule has 0 aromatic carbocycles. The van der Waals surface area contributed by atoms with Crippen LogP contribution in [0.3, 0.4) is 0 Å². The lowest BCUT2D eigenvalue weighted by molar-refractivity contribution is -0.302. The van der Waals surface area contributed by atoms with Crippen LogP contribution in [0.4, 0.5) is 0 Å². The summed E-state index contributed by atoms with van der Waals surface area (Å²) in [6, 6.07) is -2.90. The maximum atomic E-state index is 14.1. The molecule has 90 heavy (non-hydrogen) atoms. The van der Waals surface area contributed by atoms with Crippen molar-refractivity contribution >= 4 is 31.6 Å². The molecule has 2 heterocycles. The first-order chi connectivity index (χ1) is 43.4. The van der Waals surface area contributed by atoms with Crippen molar-refractivity contribution in [1.29, 1.82) is 0 Å². The summed E-state index contributed by atoms with van der Waals surface area (Å²) in [6.45, 7) is 5.23. The quantitative estimate of drug-likeness (QED) is 0.0154. The van der Waals surface area contributed by atoms with Crippen LogP contribution in [0.1, 0.15) is 316 Å². The first kappa shape index (κ1) is 83.7. The summed E-state index contributed by atoms with van der Waals surface area (Å²) >= 11 is 0. The third-order valence-corrected chi connectivity index (χ3v) is 18.1. The van der Waals surface area contributed by atoms with Crippen LogP contribution in [0, 0.1) is 0 Å².